The second-order valence-electron chi connectivity index (χ2n) is 7.18. The maximum absolute atomic E-state index is 13.6. The van der Waals surface area contributed by atoms with Gasteiger partial charge in [-0.1, -0.05) is 12.1 Å². The van der Waals surface area contributed by atoms with Gasteiger partial charge >= 0.3 is 6.18 Å². The monoisotopic (exact) mass is 429 g/mol. The van der Waals surface area contributed by atoms with Crippen LogP contribution in [0.4, 0.5) is 29.1 Å². The molecule has 0 fully saturated rings. The van der Waals surface area contributed by atoms with E-state index in [1.165, 1.54) is 18.3 Å². The highest BCUT2D eigenvalue weighted by Crippen LogP contribution is 2.33. The number of ether oxygens (including phenoxy) is 1. The predicted octanol–water partition coefficient (Wildman–Crippen LogP) is 6.91. The summed E-state index contributed by atoms with van der Waals surface area (Å²) >= 11 is 0. The van der Waals surface area contributed by atoms with Crippen LogP contribution in [0.25, 0.3) is 10.9 Å². The number of pyridine rings is 1. The van der Waals surface area contributed by atoms with Crippen molar-refractivity contribution in [3.63, 3.8) is 0 Å². The summed E-state index contributed by atoms with van der Waals surface area (Å²) in [5.41, 5.74) is 2.03. The first-order valence-corrected chi connectivity index (χ1v) is 9.55. The first kappa shape index (κ1) is 20.7. The van der Waals surface area contributed by atoms with Crippen molar-refractivity contribution < 1.29 is 22.3 Å². The van der Waals surface area contributed by atoms with E-state index in [-0.39, 0.29) is 5.82 Å². The minimum atomic E-state index is -4.38. The molecule has 1 unspecified atom stereocenters. The minimum Gasteiger partial charge on any atom is -0.486 e. The lowest BCUT2D eigenvalue weighted by atomic mass is 10.1. The molecule has 160 valence electrons. The van der Waals surface area contributed by atoms with Crippen molar-refractivity contribution >= 4 is 22.4 Å². The Labute approximate surface area is 175 Å². The van der Waals surface area contributed by atoms with Gasteiger partial charge in [0, 0.05) is 29.0 Å². The van der Waals surface area contributed by atoms with Crippen LogP contribution >= 0.6 is 0 Å². The second kappa shape index (κ2) is 7.94. The molecule has 0 amide bonds. The van der Waals surface area contributed by atoms with Crippen LogP contribution in [0.2, 0.25) is 0 Å². The van der Waals surface area contributed by atoms with E-state index < -0.39 is 17.8 Å². The first-order valence-electron chi connectivity index (χ1n) is 9.55. The molecule has 0 bridgehead atoms. The van der Waals surface area contributed by atoms with Crippen LogP contribution in [0, 0.1) is 12.7 Å². The normalized spacial score (nSPS) is 12.7. The Morgan fingerprint density at radius 2 is 1.81 bits per heavy atom. The van der Waals surface area contributed by atoms with Gasteiger partial charge in [-0.15, -0.1) is 0 Å². The summed E-state index contributed by atoms with van der Waals surface area (Å²) in [5.74, 6) is 0.795. The average Bonchev–Trinajstić information content (AvgIpc) is 3.10. The van der Waals surface area contributed by atoms with Gasteiger partial charge in [-0.05, 0) is 55.8 Å². The first-order chi connectivity index (χ1) is 14.7. The van der Waals surface area contributed by atoms with Crippen molar-refractivity contribution in [3.05, 3.63) is 83.4 Å². The molecule has 31 heavy (non-hydrogen) atoms. The smallest absolute Gasteiger partial charge is 0.416 e. The summed E-state index contributed by atoms with van der Waals surface area (Å²) in [6.45, 7) is 3.60. The number of aromatic amines is 1. The van der Waals surface area contributed by atoms with Gasteiger partial charge in [0.05, 0.1) is 11.1 Å². The summed E-state index contributed by atoms with van der Waals surface area (Å²) in [4.78, 5) is 7.20. The number of rotatable bonds is 5. The summed E-state index contributed by atoms with van der Waals surface area (Å²) in [6, 6.07) is 11.8. The van der Waals surface area contributed by atoms with Gasteiger partial charge in [-0.25, -0.2) is 9.37 Å². The van der Waals surface area contributed by atoms with E-state index in [0.29, 0.717) is 28.0 Å². The number of alkyl halides is 3. The molecule has 0 aliphatic heterocycles. The zero-order valence-electron chi connectivity index (χ0n) is 16.7. The van der Waals surface area contributed by atoms with E-state index in [1.54, 1.807) is 37.4 Å². The lowest BCUT2D eigenvalue weighted by Gasteiger charge is -2.19. The van der Waals surface area contributed by atoms with Crippen LogP contribution in [0.15, 0.2) is 60.9 Å². The van der Waals surface area contributed by atoms with Gasteiger partial charge in [-0.2, -0.15) is 13.2 Å². The summed E-state index contributed by atoms with van der Waals surface area (Å²) in [7, 11) is 0. The third-order valence-corrected chi connectivity index (χ3v) is 5.06. The predicted molar refractivity (Wildman–Crippen MR) is 111 cm³/mol. The Morgan fingerprint density at radius 1 is 1.06 bits per heavy atom. The SMILES string of the molecule is Cc1c(OC(C)c2ccc(C(F)(F)F)cc2)ccnc1Nc1ccc2c(F)c[nH]c2c1. The highest BCUT2D eigenvalue weighted by Gasteiger charge is 2.30. The van der Waals surface area contributed by atoms with E-state index in [0.717, 1.165) is 23.4 Å². The Morgan fingerprint density at radius 3 is 2.52 bits per heavy atom. The fourth-order valence-corrected chi connectivity index (χ4v) is 3.28. The minimum absolute atomic E-state index is 0.316. The maximum Gasteiger partial charge on any atom is 0.416 e. The van der Waals surface area contributed by atoms with E-state index in [4.69, 9.17) is 4.74 Å². The van der Waals surface area contributed by atoms with E-state index in [9.17, 15) is 17.6 Å². The Kier molecular flexibility index (Phi) is 5.31. The standard InChI is InChI=1S/C23H19F4N3O/c1-13-21(31-14(2)15-3-5-16(6-4-15)23(25,26)27)9-10-28-22(13)30-17-7-8-18-19(24)12-29-20(18)11-17/h3-12,14,29H,1-2H3,(H,28,30). The van der Waals surface area contributed by atoms with Crippen LogP contribution in [0.3, 0.4) is 0 Å². The molecule has 0 aliphatic carbocycles. The molecule has 2 aromatic heterocycles. The van der Waals surface area contributed by atoms with Crippen LogP contribution in [0.5, 0.6) is 5.75 Å². The number of nitrogens with zero attached hydrogens (tertiary/aromatic N) is 1. The molecule has 2 heterocycles. The molecule has 4 rings (SSSR count). The quantitative estimate of drug-likeness (QED) is 0.339. The number of aromatic nitrogens is 2. The number of hydrogen-bond donors (Lipinski definition) is 2. The molecule has 0 radical (unpaired) electrons. The summed E-state index contributed by atoms with van der Waals surface area (Å²) < 4.78 is 57.9. The lowest BCUT2D eigenvalue weighted by Crippen LogP contribution is -2.08. The fraction of sp³-hybridized carbons (Fsp3) is 0.174. The van der Waals surface area contributed by atoms with Crippen molar-refractivity contribution in [1.82, 2.24) is 9.97 Å². The van der Waals surface area contributed by atoms with Crippen LogP contribution in [-0.2, 0) is 6.18 Å². The van der Waals surface area contributed by atoms with E-state index in [1.807, 2.05) is 6.92 Å². The van der Waals surface area contributed by atoms with Gasteiger partial charge in [0.15, 0.2) is 0 Å². The van der Waals surface area contributed by atoms with E-state index in [2.05, 4.69) is 15.3 Å². The van der Waals surface area contributed by atoms with Gasteiger partial charge in [-0.3, -0.25) is 0 Å². The van der Waals surface area contributed by atoms with Crippen molar-refractivity contribution in [3.8, 4) is 5.75 Å². The van der Waals surface area contributed by atoms with Crippen molar-refractivity contribution in [2.45, 2.75) is 26.1 Å². The third kappa shape index (κ3) is 4.33. The topological polar surface area (TPSA) is 49.9 Å². The number of nitrogens with one attached hydrogen (secondary N) is 2. The molecule has 2 aromatic carbocycles. The molecule has 0 spiro atoms. The number of H-pyrrole nitrogens is 1. The molecular weight excluding hydrogens is 410 g/mol. The van der Waals surface area contributed by atoms with Crippen molar-refractivity contribution in [2.75, 3.05) is 5.32 Å². The third-order valence-electron chi connectivity index (χ3n) is 5.06. The molecule has 2 N–H and O–H groups in total. The van der Waals surface area contributed by atoms with Crippen LogP contribution < -0.4 is 10.1 Å². The largest absolute Gasteiger partial charge is 0.486 e. The number of benzene rings is 2. The van der Waals surface area contributed by atoms with Gasteiger partial charge in [0.1, 0.15) is 23.5 Å². The molecule has 4 aromatic rings. The molecule has 0 saturated carbocycles. The highest BCUT2D eigenvalue weighted by atomic mass is 19.4. The van der Waals surface area contributed by atoms with E-state index >= 15 is 0 Å². The number of anilines is 2. The van der Waals surface area contributed by atoms with Crippen molar-refractivity contribution in [1.29, 1.82) is 0 Å². The summed E-state index contributed by atoms with van der Waals surface area (Å²) in [6.07, 6.45) is -1.96. The highest BCUT2D eigenvalue weighted by molar-refractivity contribution is 5.84. The zero-order valence-corrected chi connectivity index (χ0v) is 16.7. The molecule has 4 nitrogen and oxygen atoms in total. The van der Waals surface area contributed by atoms with Gasteiger partial charge in [0.25, 0.3) is 0 Å². The molecule has 1 atom stereocenters. The van der Waals surface area contributed by atoms with Gasteiger partial charge < -0.3 is 15.0 Å². The van der Waals surface area contributed by atoms with Crippen LogP contribution in [-0.4, -0.2) is 9.97 Å². The zero-order chi connectivity index (χ0) is 22.2. The Balaban J connectivity index is 1.52. The van der Waals surface area contributed by atoms with Gasteiger partial charge in [0.2, 0.25) is 0 Å². The number of fused-ring (bicyclic) bond motifs is 1. The molecule has 0 aliphatic rings. The average molecular weight is 429 g/mol. The fourth-order valence-electron chi connectivity index (χ4n) is 3.28. The summed E-state index contributed by atoms with van der Waals surface area (Å²) in [5, 5.41) is 3.69. The second-order valence-corrected chi connectivity index (χ2v) is 7.18. The number of halogens is 4. The number of hydrogen-bond acceptors (Lipinski definition) is 3. The Hall–Kier alpha value is -3.55. The Bertz CT molecular complexity index is 1220. The maximum atomic E-state index is 13.6. The van der Waals surface area contributed by atoms with Crippen molar-refractivity contribution in [2.24, 2.45) is 0 Å². The lowest BCUT2D eigenvalue weighted by molar-refractivity contribution is -0.137. The molecular formula is C23H19F4N3O. The molecule has 0 saturated heterocycles. The molecule has 8 heteroatoms. The van der Waals surface area contributed by atoms with Crippen LogP contribution in [0.1, 0.15) is 29.7 Å².